The van der Waals surface area contributed by atoms with Gasteiger partial charge in [-0.3, -0.25) is 4.79 Å². The number of aromatic hydroxyl groups is 1. The van der Waals surface area contributed by atoms with E-state index in [0.717, 1.165) is 30.9 Å². The molecule has 0 unspecified atom stereocenters. The molecule has 0 bridgehead atoms. The summed E-state index contributed by atoms with van der Waals surface area (Å²) in [5, 5.41) is 16.8. The number of nitrogens with zero attached hydrogens (tertiary/aromatic N) is 3. The van der Waals surface area contributed by atoms with E-state index in [-0.39, 0.29) is 11.7 Å². The lowest BCUT2D eigenvalue weighted by molar-refractivity contribution is 0.0951. The second kappa shape index (κ2) is 11.0. The highest BCUT2D eigenvalue weighted by molar-refractivity contribution is 9.10. The van der Waals surface area contributed by atoms with Gasteiger partial charge in [0.05, 0.1) is 11.1 Å². The largest absolute Gasteiger partial charge is 0.508 e. The lowest BCUT2D eigenvalue weighted by atomic mass is 10.1. The summed E-state index contributed by atoms with van der Waals surface area (Å²) < 4.78 is 0.942. The highest BCUT2D eigenvalue weighted by Crippen LogP contribution is 2.37. The van der Waals surface area contributed by atoms with Crippen molar-refractivity contribution in [3.63, 3.8) is 0 Å². The molecule has 3 aromatic carbocycles. The topological polar surface area (TPSA) is 100 Å². The zero-order valence-corrected chi connectivity index (χ0v) is 22.2. The van der Waals surface area contributed by atoms with Gasteiger partial charge >= 0.3 is 0 Å². The molecule has 0 aliphatic heterocycles. The van der Waals surface area contributed by atoms with Gasteiger partial charge in [-0.25, -0.2) is 15.0 Å². The van der Waals surface area contributed by atoms with Crippen LogP contribution in [0.4, 0.5) is 11.5 Å². The van der Waals surface area contributed by atoms with Crippen molar-refractivity contribution in [2.24, 2.45) is 0 Å². The number of aryl methyl sites for hydroxylation is 1. The number of nitrogens with one attached hydrogen (secondary N) is 2. The van der Waals surface area contributed by atoms with Gasteiger partial charge in [0.2, 0.25) is 0 Å². The fourth-order valence-corrected chi connectivity index (χ4v) is 4.99. The minimum absolute atomic E-state index is 0.190. The summed E-state index contributed by atoms with van der Waals surface area (Å²) in [6.07, 6.45) is 1.47. The molecule has 3 N–H and O–H groups in total. The third-order valence-electron chi connectivity index (χ3n) is 5.59. The van der Waals surface area contributed by atoms with Crippen molar-refractivity contribution in [3.8, 4) is 5.75 Å². The number of phenolic OH excluding ortho intramolecular Hbond substituents is 1. The molecule has 0 aliphatic rings. The number of rotatable bonds is 7. The minimum Gasteiger partial charge on any atom is -0.508 e. The van der Waals surface area contributed by atoms with Gasteiger partial charge in [0.15, 0.2) is 5.65 Å². The molecule has 0 radical (unpaired) electrons. The standard InChI is InChI=1S/C28H22BrN5O2S/c1-17-6-12-22-26(33-17)31-16-32-27(22)34-24-14-18(28(36)30-15-19-4-2-3-5-23(19)29)7-13-25(24)37-21-10-8-20(35)9-11-21/h2-14,16,35H,15H2,1H3,(H,30,36)(H,31,32,33,34). The van der Waals surface area contributed by atoms with E-state index in [1.165, 1.54) is 18.1 Å². The van der Waals surface area contributed by atoms with Gasteiger partial charge in [0, 0.05) is 32.1 Å². The van der Waals surface area contributed by atoms with Crippen molar-refractivity contribution in [3.05, 3.63) is 106 Å². The normalized spacial score (nSPS) is 10.9. The van der Waals surface area contributed by atoms with E-state index in [2.05, 4.69) is 41.5 Å². The van der Waals surface area contributed by atoms with Gasteiger partial charge in [-0.2, -0.15) is 0 Å². The Balaban J connectivity index is 1.47. The maximum Gasteiger partial charge on any atom is 0.251 e. The van der Waals surface area contributed by atoms with Crippen molar-refractivity contribution in [2.45, 2.75) is 23.3 Å². The van der Waals surface area contributed by atoms with E-state index in [1.807, 2.05) is 67.6 Å². The molecule has 5 aromatic rings. The second-order valence-electron chi connectivity index (χ2n) is 8.25. The number of phenols is 1. The van der Waals surface area contributed by atoms with Gasteiger partial charge in [0.25, 0.3) is 5.91 Å². The Kier molecular flexibility index (Phi) is 7.34. The third-order valence-corrected chi connectivity index (χ3v) is 7.45. The number of amides is 1. The highest BCUT2D eigenvalue weighted by atomic mass is 79.9. The summed E-state index contributed by atoms with van der Waals surface area (Å²) in [5.74, 6) is 0.607. The number of hydrogen-bond acceptors (Lipinski definition) is 7. The van der Waals surface area contributed by atoms with E-state index in [9.17, 15) is 9.90 Å². The fraction of sp³-hybridized carbons (Fsp3) is 0.0714. The van der Waals surface area contributed by atoms with Crippen LogP contribution in [0.25, 0.3) is 11.0 Å². The molecular formula is C28H22BrN5O2S. The Morgan fingerprint density at radius 2 is 1.81 bits per heavy atom. The molecule has 7 nitrogen and oxygen atoms in total. The molecule has 184 valence electrons. The first-order valence-corrected chi connectivity index (χ1v) is 13.0. The van der Waals surface area contributed by atoms with Crippen LogP contribution in [0.5, 0.6) is 5.75 Å². The minimum atomic E-state index is -0.190. The zero-order valence-electron chi connectivity index (χ0n) is 19.8. The zero-order chi connectivity index (χ0) is 25.8. The van der Waals surface area contributed by atoms with Crippen LogP contribution >= 0.6 is 27.7 Å². The van der Waals surface area contributed by atoms with Gasteiger partial charge < -0.3 is 15.7 Å². The molecule has 0 saturated heterocycles. The number of carbonyl (C=O) groups excluding carboxylic acids is 1. The number of halogens is 1. The number of carbonyl (C=O) groups is 1. The number of pyridine rings is 1. The molecule has 0 saturated carbocycles. The van der Waals surface area contributed by atoms with Crippen LogP contribution in [0, 0.1) is 6.92 Å². The van der Waals surface area contributed by atoms with Crippen LogP contribution in [0.3, 0.4) is 0 Å². The molecule has 37 heavy (non-hydrogen) atoms. The summed E-state index contributed by atoms with van der Waals surface area (Å²) in [4.78, 5) is 28.1. The molecule has 0 spiro atoms. The quantitative estimate of drug-likeness (QED) is 0.201. The van der Waals surface area contributed by atoms with E-state index in [1.54, 1.807) is 18.2 Å². The molecule has 0 fully saturated rings. The molecule has 2 heterocycles. The van der Waals surface area contributed by atoms with Crippen molar-refractivity contribution >= 4 is 56.1 Å². The first-order valence-electron chi connectivity index (χ1n) is 11.4. The molecule has 1 amide bonds. The van der Waals surface area contributed by atoms with Crippen LogP contribution in [0.2, 0.25) is 0 Å². The van der Waals surface area contributed by atoms with Crippen LogP contribution in [-0.4, -0.2) is 26.0 Å². The maximum absolute atomic E-state index is 13.1. The van der Waals surface area contributed by atoms with Crippen LogP contribution in [-0.2, 0) is 6.54 Å². The Morgan fingerprint density at radius 3 is 2.62 bits per heavy atom. The summed E-state index contributed by atoms with van der Waals surface area (Å²) in [6.45, 7) is 2.31. The van der Waals surface area contributed by atoms with Crippen molar-refractivity contribution in [1.29, 1.82) is 0 Å². The number of aromatic nitrogens is 3. The van der Waals surface area contributed by atoms with Crippen LogP contribution in [0.15, 0.2) is 99.5 Å². The monoisotopic (exact) mass is 571 g/mol. The van der Waals surface area contributed by atoms with Gasteiger partial charge in [-0.05, 0) is 73.2 Å². The Labute approximate surface area is 226 Å². The van der Waals surface area contributed by atoms with Gasteiger partial charge in [0.1, 0.15) is 17.9 Å². The second-order valence-corrected chi connectivity index (χ2v) is 10.2. The number of fused-ring (bicyclic) bond motifs is 1. The number of benzene rings is 3. The molecule has 9 heteroatoms. The number of anilines is 2. The first kappa shape index (κ1) is 24.7. The third kappa shape index (κ3) is 5.90. The molecule has 2 aromatic heterocycles. The summed E-state index contributed by atoms with van der Waals surface area (Å²) in [6, 6.07) is 24.1. The van der Waals surface area contributed by atoms with E-state index < -0.39 is 0 Å². The van der Waals surface area contributed by atoms with E-state index in [4.69, 9.17) is 0 Å². The predicted octanol–water partition coefficient (Wildman–Crippen LogP) is 6.63. The number of hydrogen-bond donors (Lipinski definition) is 3. The van der Waals surface area contributed by atoms with E-state index >= 15 is 0 Å². The lowest BCUT2D eigenvalue weighted by Crippen LogP contribution is -2.23. The van der Waals surface area contributed by atoms with Gasteiger partial charge in [-0.15, -0.1) is 0 Å². The smallest absolute Gasteiger partial charge is 0.251 e. The molecule has 5 rings (SSSR count). The Morgan fingerprint density at radius 1 is 1.00 bits per heavy atom. The Bertz CT molecular complexity index is 1590. The summed E-state index contributed by atoms with van der Waals surface area (Å²) in [7, 11) is 0. The predicted molar refractivity (Wildman–Crippen MR) is 149 cm³/mol. The Hall–Kier alpha value is -3.95. The van der Waals surface area contributed by atoms with Crippen LogP contribution < -0.4 is 10.6 Å². The molecule has 0 aliphatic carbocycles. The molecular weight excluding hydrogens is 550 g/mol. The maximum atomic E-state index is 13.1. The van der Waals surface area contributed by atoms with Crippen molar-refractivity contribution < 1.29 is 9.90 Å². The molecule has 0 atom stereocenters. The van der Waals surface area contributed by atoms with E-state index in [0.29, 0.717) is 29.3 Å². The lowest BCUT2D eigenvalue weighted by Gasteiger charge is -2.15. The average molecular weight is 572 g/mol. The first-order chi connectivity index (χ1) is 18.0. The van der Waals surface area contributed by atoms with Crippen molar-refractivity contribution in [2.75, 3.05) is 5.32 Å². The SMILES string of the molecule is Cc1ccc2c(Nc3cc(C(=O)NCc4ccccc4Br)ccc3Sc3ccc(O)cc3)ncnc2n1. The fourth-order valence-electron chi connectivity index (χ4n) is 3.68. The highest BCUT2D eigenvalue weighted by Gasteiger charge is 2.14. The summed E-state index contributed by atoms with van der Waals surface area (Å²) >= 11 is 5.04. The van der Waals surface area contributed by atoms with Gasteiger partial charge in [-0.1, -0.05) is 45.9 Å². The average Bonchev–Trinajstić information content (AvgIpc) is 2.90. The van der Waals surface area contributed by atoms with Crippen LogP contribution in [0.1, 0.15) is 21.6 Å². The summed E-state index contributed by atoms with van der Waals surface area (Å²) in [5.41, 5.74) is 3.67. The van der Waals surface area contributed by atoms with Crippen molar-refractivity contribution in [1.82, 2.24) is 20.3 Å².